The zero-order valence-corrected chi connectivity index (χ0v) is 15.0. The monoisotopic (exact) mass is 430 g/mol. The summed E-state index contributed by atoms with van der Waals surface area (Å²) in [5.41, 5.74) is 0.728. The molecule has 0 saturated carbocycles. The first-order chi connectivity index (χ1) is 10.1. The standard InChI is InChI=1S/C16H13Br2ClO2/c17-12-5-3-11(4-6-12)15(20)2-1-9-21-16-8-7-13(19)10-14(16)18/h3-8,10H,1-2,9H2. The highest BCUT2D eigenvalue weighted by Crippen LogP contribution is 2.28. The van der Waals surface area contributed by atoms with Crippen LogP contribution in [0.5, 0.6) is 5.75 Å². The molecule has 110 valence electrons. The highest BCUT2D eigenvalue weighted by atomic mass is 79.9. The van der Waals surface area contributed by atoms with E-state index in [0.717, 1.165) is 20.3 Å². The first-order valence-electron chi connectivity index (χ1n) is 6.43. The lowest BCUT2D eigenvalue weighted by molar-refractivity contribution is 0.0973. The molecule has 0 radical (unpaired) electrons. The van der Waals surface area contributed by atoms with Crippen molar-refractivity contribution < 1.29 is 9.53 Å². The molecule has 0 N–H and O–H groups in total. The molecular weight excluding hydrogens is 419 g/mol. The van der Waals surface area contributed by atoms with Crippen molar-refractivity contribution in [3.05, 3.63) is 62.0 Å². The zero-order valence-electron chi connectivity index (χ0n) is 11.1. The molecule has 5 heteroatoms. The van der Waals surface area contributed by atoms with Gasteiger partial charge in [-0.05, 0) is 52.7 Å². The molecule has 0 fully saturated rings. The van der Waals surface area contributed by atoms with Crippen LogP contribution in [-0.4, -0.2) is 12.4 Å². The highest BCUT2D eigenvalue weighted by Gasteiger charge is 2.06. The Morgan fingerprint density at radius 1 is 1.10 bits per heavy atom. The Morgan fingerprint density at radius 3 is 2.48 bits per heavy atom. The van der Waals surface area contributed by atoms with Crippen LogP contribution in [0.2, 0.25) is 5.02 Å². The Bertz CT molecular complexity index is 627. The van der Waals surface area contributed by atoms with E-state index < -0.39 is 0 Å². The van der Waals surface area contributed by atoms with Crippen LogP contribution in [0.4, 0.5) is 0 Å². The van der Waals surface area contributed by atoms with E-state index in [-0.39, 0.29) is 5.78 Å². The number of hydrogen-bond donors (Lipinski definition) is 0. The van der Waals surface area contributed by atoms with Crippen molar-refractivity contribution in [2.75, 3.05) is 6.61 Å². The van der Waals surface area contributed by atoms with E-state index >= 15 is 0 Å². The van der Waals surface area contributed by atoms with Crippen molar-refractivity contribution in [2.24, 2.45) is 0 Å². The van der Waals surface area contributed by atoms with Crippen molar-refractivity contribution in [1.29, 1.82) is 0 Å². The molecule has 0 atom stereocenters. The summed E-state index contributed by atoms with van der Waals surface area (Å²) in [5, 5.41) is 0.652. The van der Waals surface area contributed by atoms with Gasteiger partial charge in [0.2, 0.25) is 0 Å². The highest BCUT2D eigenvalue weighted by molar-refractivity contribution is 9.10. The Kier molecular flexibility index (Phi) is 6.27. The van der Waals surface area contributed by atoms with Crippen LogP contribution in [0.15, 0.2) is 51.4 Å². The third kappa shape index (κ3) is 5.13. The molecule has 0 aliphatic carbocycles. The second-order valence-electron chi connectivity index (χ2n) is 4.46. The molecule has 2 nitrogen and oxygen atoms in total. The van der Waals surface area contributed by atoms with Gasteiger partial charge in [0.15, 0.2) is 5.78 Å². The molecule has 0 aliphatic heterocycles. The minimum absolute atomic E-state index is 0.126. The molecule has 0 spiro atoms. The molecule has 0 aliphatic rings. The summed E-state index contributed by atoms with van der Waals surface area (Å²) < 4.78 is 7.41. The quantitative estimate of drug-likeness (QED) is 0.419. The van der Waals surface area contributed by atoms with Gasteiger partial charge in [0, 0.05) is 21.5 Å². The topological polar surface area (TPSA) is 26.3 Å². The van der Waals surface area contributed by atoms with Crippen molar-refractivity contribution in [2.45, 2.75) is 12.8 Å². The lowest BCUT2D eigenvalue weighted by Gasteiger charge is -2.08. The molecule has 2 rings (SSSR count). The van der Waals surface area contributed by atoms with Crippen LogP contribution < -0.4 is 4.74 Å². The molecule has 2 aromatic carbocycles. The van der Waals surface area contributed by atoms with Crippen molar-refractivity contribution >= 4 is 49.2 Å². The van der Waals surface area contributed by atoms with Gasteiger partial charge in [-0.3, -0.25) is 4.79 Å². The average Bonchev–Trinajstić information content (AvgIpc) is 2.46. The molecule has 0 saturated heterocycles. The maximum absolute atomic E-state index is 12.0. The Hall–Kier alpha value is -0.840. The number of benzene rings is 2. The smallest absolute Gasteiger partial charge is 0.163 e. The summed E-state index contributed by atoms with van der Waals surface area (Å²) in [6, 6.07) is 12.7. The van der Waals surface area contributed by atoms with Gasteiger partial charge in [0.1, 0.15) is 5.75 Å². The average molecular weight is 433 g/mol. The Morgan fingerprint density at radius 2 is 1.81 bits per heavy atom. The number of halogens is 3. The summed E-state index contributed by atoms with van der Waals surface area (Å²) >= 11 is 12.6. The predicted molar refractivity (Wildman–Crippen MR) is 92.4 cm³/mol. The van der Waals surface area contributed by atoms with E-state index in [1.54, 1.807) is 12.1 Å². The predicted octanol–water partition coefficient (Wildman–Crippen LogP) is 5.91. The largest absolute Gasteiger partial charge is 0.492 e. The van der Waals surface area contributed by atoms with E-state index in [0.29, 0.717) is 24.5 Å². The van der Waals surface area contributed by atoms with E-state index in [4.69, 9.17) is 16.3 Å². The normalized spacial score (nSPS) is 10.4. The molecule has 21 heavy (non-hydrogen) atoms. The van der Waals surface area contributed by atoms with Crippen molar-refractivity contribution in [3.8, 4) is 5.75 Å². The summed E-state index contributed by atoms with van der Waals surface area (Å²) in [6.07, 6.45) is 1.14. The maximum atomic E-state index is 12.0. The van der Waals surface area contributed by atoms with E-state index in [1.165, 1.54) is 0 Å². The van der Waals surface area contributed by atoms with Crippen LogP contribution in [-0.2, 0) is 0 Å². The van der Waals surface area contributed by atoms with Gasteiger partial charge < -0.3 is 4.74 Å². The van der Waals surface area contributed by atoms with Gasteiger partial charge >= 0.3 is 0 Å². The van der Waals surface area contributed by atoms with Crippen molar-refractivity contribution in [1.82, 2.24) is 0 Å². The number of carbonyl (C=O) groups excluding carboxylic acids is 1. The summed E-state index contributed by atoms with van der Waals surface area (Å²) in [6.45, 7) is 0.489. The third-order valence-corrected chi connectivity index (χ3v) is 4.25. The summed E-state index contributed by atoms with van der Waals surface area (Å²) in [7, 11) is 0. The molecule has 0 aromatic heterocycles. The molecule has 0 unspecified atom stereocenters. The van der Waals surface area contributed by atoms with Crippen molar-refractivity contribution in [3.63, 3.8) is 0 Å². The number of rotatable bonds is 6. The summed E-state index contributed by atoms with van der Waals surface area (Å²) in [4.78, 5) is 12.0. The Balaban J connectivity index is 1.79. The SMILES string of the molecule is O=C(CCCOc1ccc(Cl)cc1Br)c1ccc(Br)cc1. The fourth-order valence-electron chi connectivity index (χ4n) is 1.79. The van der Waals surface area contributed by atoms with Gasteiger partial charge in [-0.1, -0.05) is 39.7 Å². The van der Waals surface area contributed by atoms with Gasteiger partial charge in [0.25, 0.3) is 0 Å². The number of carbonyl (C=O) groups is 1. The molecule has 0 amide bonds. The zero-order chi connectivity index (χ0) is 15.2. The van der Waals surface area contributed by atoms with E-state index in [1.807, 2.05) is 30.3 Å². The number of hydrogen-bond acceptors (Lipinski definition) is 2. The number of ether oxygens (including phenoxy) is 1. The van der Waals surface area contributed by atoms with Crippen LogP contribution >= 0.6 is 43.5 Å². The van der Waals surface area contributed by atoms with Crippen LogP contribution in [0.25, 0.3) is 0 Å². The van der Waals surface area contributed by atoms with Gasteiger partial charge in [-0.25, -0.2) is 0 Å². The van der Waals surface area contributed by atoms with Gasteiger partial charge in [-0.15, -0.1) is 0 Å². The van der Waals surface area contributed by atoms with E-state index in [2.05, 4.69) is 31.9 Å². The molecular formula is C16H13Br2ClO2. The van der Waals surface area contributed by atoms with Crippen LogP contribution in [0.3, 0.4) is 0 Å². The lowest BCUT2D eigenvalue weighted by Crippen LogP contribution is -2.04. The fourth-order valence-corrected chi connectivity index (χ4v) is 2.85. The third-order valence-electron chi connectivity index (χ3n) is 2.87. The summed E-state index contributed by atoms with van der Waals surface area (Å²) in [5.74, 6) is 0.858. The first-order valence-corrected chi connectivity index (χ1v) is 8.39. The van der Waals surface area contributed by atoms with Crippen LogP contribution in [0, 0.1) is 0 Å². The lowest BCUT2D eigenvalue weighted by atomic mass is 10.1. The minimum atomic E-state index is 0.126. The first kappa shape index (κ1) is 16.5. The van der Waals surface area contributed by atoms with Crippen LogP contribution in [0.1, 0.15) is 23.2 Å². The van der Waals surface area contributed by atoms with Gasteiger partial charge in [0.05, 0.1) is 11.1 Å². The second kappa shape index (κ2) is 7.97. The second-order valence-corrected chi connectivity index (χ2v) is 6.66. The molecule has 2 aromatic rings. The van der Waals surface area contributed by atoms with E-state index in [9.17, 15) is 4.79 Å². The Labute approximate surface area is 145 Å². The van der Waals surface area contributed by atoms with Gasteiger partial charge in [-0.2, -0.15) is 0 Å². The number of Topliss-reactive ketones (excluding diaryl/α,β-unsaturated/α-hetero) is 1. The maximum Gasteiger partial charge on any atom is 0.163 e. The fraction of sp³-hybridized carbons (Fsp3) is 0.188. The molecule has 0 bridgehead atoms. The minimum Gasteiger partial charge on any atom is -0.492 e. The number of ketones is 1. The molecule has 0 heterocycles.